The highest BCUT2D eigenvalue weighted by Crippen LogP contribution is 2.34. The molecule has 0 aromatic carbocycles. The lowest BCUT2D eigenvalue weighted by molar-refractivity contribution is 0.313. The largest absolute Gasteiger partial charge is 0.346 e. The second kappa shape index (κ2) is 6.97. The average molecular weight is 382 g/mol. The number of aryl methyl sites for hydroxylation is 1. The van der Waals surface area contributed by atoms with E-state index in [1.54, 1.807) is 6.33 Å². The molecule has 3 aromatic rings. The van der Waals surface area contributed by atoms with Crippen LogP contribution in [-0.4, -0.2) is 55.3 Å². The van der Waals surface area contributed by atoms with Crippen molar-refractivity contribution in [3.63, 3.8) is 0 Å². The van der Waals surface area contributed by atoms with Crippen LogP contribution in [0.25, 0.3) is 15.9 Å². The molecule has 5 heterocycles. The zero-order valence-corrected chi connectivity index (χ0v) is 16.0. The zero-order valence-electron chi connectivity index (χ0n) is 15.2. The van der Waals surface area contributed by atoms with Gasteiger partial charge < -0.3 is 15.2 Å². The van der Waals surface area contributed by atoms with Gasteiger partial charge >= 0.3 is 0 Å². The van der Waals surface area contributed by atoms with E-state index in [0.717, 1.165) is 71.2 Å². The van der Waals surface area contributed by atoms with Gasteiger partial charge in [0.1, 0.15) is 23.5 Å². The Morgan fingerprint density at radius 1 is 1.22 bits per heavy atom. The molecule has 0 spiro atoms. The number of nitrogens with one attached hydrogen (secondary N) is 2. The summed E-state index contributed by atoms with van der Waals surface area (Å²) in [4.78, 5) is 17.4. The number of hydrogen-bond acceptors (Lipinski definition) is 7. The van der Waals surface area contributed by atoms with Gasteiger partial charge in [0.05, 0.1) is 22.5 Å². The Kier molecular flexibility index (Phi) is 4.33. The van der Waals surface area contributed by atoms with Crippen LogP contribution in [0.3, 0.4) is 0 Å². The van der Waals surface area contributed by atoms with E-state index in [9.17, 15) is 0 Å². The van der Waals surface area contributed by atoms with Crippen LogP contribution in [0, 0.1) is 6.92 Å². The minimum atomic E-state index is 0.397. The number of fused-ring (bicyclic) bond motifs is 1. The molecule has 9 heteroatoms. The summed E-state index contributed by atoms with van der Waals surface area (Å²) in [5, 5.41) is 13.8. The van der Waals surface area contributed by atoms with Gasteiger partial charge in [0, 0.05) is 24.7 Å². The maximum atomic E-state index is 4.78. The Hall–Kier alpha value is -2.39. The van der Waals surface area contributed by atoms with Crippen molar-refractivity contribution >= 4 is 33.5 Å². The molecule has 2 aliphatic heterocycles. The smallest absolute Gasteiger partial charge is 0.145 e. The van der Waals surface area contributed by atoms with Crippen LogP contribution in [0.5, 0.6) is 0 Å². The van der Waals surface area contributed by atoms with Crippen LogP contribution in [0.4, 0.5) is 5.82 Å². The lowest BCUT2D eigenvalue weighted by Crippen LogP contribution is -2.30. The SMILES string of the molecule is Cc1c[nH]c2ncnc(N3C=C(c4cnn(C5CCNCC5)n4)SCC3)c12. The quantitative estimate of drug-likeness (QED) is 0.719. The molecule has 5 rings (SSSR count). The lowest BCUT2D eigenvalue weighted by Gasteiger charge is -2.25. The van der Waals surface area contributed by atoms with Crippen LogP contribution in [0.1, 0.15) is 30.1 Å². The number of aromatic amines is 1. The van der Waals surface area contributed by atoms with E-state index in [1.807, 2.05) is 29.0 Å². The summed E-state index contributed by atoms with van der Waals surface area (Å²) in [5.74, 6) is 1.93. The number of thioether (sulfide) groups is 1. The average Bonchev–Trinajstić information content (AvgIpc) is 3.36. The summed E-state index contributed by atoms with van der Waals surface area (Å²) in [6.07, 6.45) is 9.81. The van der Waals surface area contributed by atoms with Crippen molar-refractivity contribution in [1.82, 2.24) is 35.3 Å². The molecule has 0 unspecified atom stereocenters. The van der Waals surface area contributed by atoms with Crippen molar-refractivity contribution in [1.29, 1.82) is 0 Å². The predicted molar refractivity (Wildman–Crippen MR) is 108 cm³/mol. The highest BCUT2D eigenvalue weighted by Gasteiger charge is 2.22. The van der Waals surface area contributed by atoms with Gasteiger partial charge in [-0.2, -0.15) is 15.0 Å². The Morgan fingerprint density at radius 3 is 3.00 bits per heavy atom. The highest BCUT2D eigenvalue weighted by molar-refractivity contribution is 8.08. The Labute approximate surface area is 161 Å². The van der Waals surface area contributed by atoms with Crippen LogP contribution >= 0.6 is 11.8 Å². The molecule has 0 aliphatic carbocycles. The fraction of sp³-hybridized carbons (Fsp3) is 0.444. The molecule has 2 aliphatic rings. The predicted octanol–water partition coefficient (Wildman–Crippen LogP) is 2.33. The van der Waals surface area contributed by atoms with Crippen molar-refractivity contribution in [2.24, 2.45) is 0 Å². The van der Waals surface area contributed by atoms with Crippen molar-refractivity contribution in [3.05, 3.63) is 36.2 Å². The second-order valence-corrected chi connectivity index (χ2v) is 8.10. The van der Waals surface area contributed by atoms with Crippen molar-refractivity contribution < 1.29 is 0 Å². The fourth-order valence-electron chi connectivity index (χ4n) is 3.72. The van der Waals surface area contributed by atoms with Crippen LogP contribution in [-0.2, 0) is 0 Å². The zero-order chi connectivity index (χ0) is 18.2. The molecular weight excluding hydrogens is 360 g/mol. The van der Waals surface area contributed by atoms with Gasteiger partial charge in [-0.05, 0) is 38.4 Å². The molecule has 8 nitrogen and oxygen atoms in total. The molecule has 1 fully saturated rings. The van der Waals surface area contributed by atoms with Crippen molar-refractivity contribution in [3.8, 4) is 0 Å². The third-order valence-electron chi connectivity index (χ3n) is 5.18. The standard InChI is InChI=1S/C18H22N8S/c1-12-8-20-17-16(12)18(22-11-21-17)25-6-7-27-15(10-25)14-9-23-26(24-14)13-2-4-19-5-3-13/h8-11,13,19H,2-7H2,1H3,(H,20,21,22). The number of H-pyrrole nitrogens is 1. The molecule has 0 bridgehead atoms. The van der Waals surface area contributed by atoms with E-state index < -0.39 is 0 Å². The van der Waals surface area contributed by atoms with E-state index >= 15 is 0 Å². The van der Waals surface area contributed by atoms with E-state index in [4.69, 9.17) is 5.10 Å². The number of anilines is 1. The van der Waals surface area contributed by atoms with Crippen LogP contribution < -0.4 is 10.2 Å². The van der Waals surface area contributed by atoms with Gasteiger partial charge in [0.25, 0.3) is 0 Å². The van der Waals surface area contributed by atoms with Crippen molar-refractivity contribution in [2.75, 3.05) is 30.3 Å². The summed E-state index contributed by atoms with van der Waals surface area (Å²) in [6, 6.07) is 0.397. The summed E-state index contributed by atoms with van der Waals surface area (Å²) in [6.45, 7) is 5.06. The number of hydrogen-bond donors (Lipinski definition) is 2. The number of aromatic nitrogens is 6. The Balaban J connectivity index is 1.46. The number of rotatable bonds is 3. The summed E-state index contributed by atoms with van der Waals surface area (Å²) < 4.78 is 0. The molecule has 140 valence electrons. The third-order valence-corrected chi connectivity index (χ3v) is 6.19. The summed E-state index contributed by atoms with van der Waals surface area (Å²) >= 11 is 1.83. The first-order chi connectivity index (χ1) is 13.3. The Bertz CT molecular complexity index is 984. The van der Waals surface area contributed by atoms with Gasteiger partial charge in [-0.15, -0.1) is 11.8 Å². The highest BCUT2D eigenvalue weighted by atomic mass is 32.2. The maximum Gasteiger partial charge on any atom is 0.145 e. The van der Waals surface area contributed by atoms with Gasteiger partial charge in [-0.3, -0.25) is 0 Å². The molecule has 3 aromatic heterocycles. The van der Waals surface area contributed by atoms with Crippen LogP contribution in [0.2, 0.25) is 0 Å². The minimum absolute atomic E-state index is 0.397. The fourth-order valence-corrected chi connectivity index (χ4v) is 4.67. The molecule has 0 radical (unpaired) electrons. The molecular formula is C18H22N8S. The van der Waals surface area contributed by atoms with Gasteiger partial charge in [0.2, 0.25) is 0 Å². The second-order valence-electron chi connectivity index (χ2n) is 6.96. The van der Waals surface area contributed by atoms with E-state index in [-0.39, 0.29) is 0 Å². The molecule has 0 atom stereocenters. The van der Waals surface area contributed by atoms with E-state index in [2.05, 4.69) is 43.4 Å². The first kappa shape index (κ1) is 16.8. The van der Waals surface area contributed by atoms with E-state index in [0.29, 0.717) is 6.04 Å². The summed E-state index contributed by atoms with van der Waals surface area (Å²) in [5.41, 5.74) is 2.98. The topological polar surface area (TPSA) is 87.5 Å². The number of piperidine rings is 1. The normalized spacial score (nSPS) is 18.9. The van der Waals surface area contributed by atoms with E-state index in [1.165, 1.54) is 0 Å². The minimum Gasteiger partial charge on any atom is -0.346 e. The molecule has 27 heavy (non-hydrogen) atoms. The van der Waals surface area contributed by atoms with Crippen molar-refractivity contribution in [2.45, 2.75) is 25.8 Å². The maximum absolute atomic E-state index is 4.78. The number of nitrogens with zero attached hydrogens (tertiary/aromatic N) is 6. The first-order valence-corrected chi connectivity index (χ1v) is 10.3. The molecule has 2 N–H and O–H groups in total. The lowest BCUT2D eigenvalue weighted by atomic mass is 10.1. The third kappa shape index (κ3) is 3.10. The Morgan fingerprint density at radius 2 is 2.11 bits per heavy atom. The molecule has 0 amide bonds. The van der Waals surface area contributed by atoms with Gasteiger partial charge in [-0.1, -0.05) is 0 Å². The summed E-state index contributed by atoms with van der Waals surface area (Å²) in [7, 11) is 0. The first-order valence-electron chi connectivity index (χ1n) is 9.32. The van der Waals surface area contributed by atoms with Crippen LogP contribution in [0.15, 0.2) is 24.9 Å². The molecule has 1 saturated heterocycles. The molecule has 0 saturated carbocycles. The van der Waals surface area contributed by atoms with Gasteiger partial charge in [-0.25, -0.2) is 9.97 Å². The van der Waals surface area contributed by atoms with Gasteiger partial charge in [0.15, 0.2) is 0 Å². The monoisotopic (exact) mass is 382 g/mol.